The number of hydrogen-bond donors (Lipinski definition) is 1. The highest BCUT2D eigenvalue weighted by Crippen LogP contribution is 2.32. The highest BCUT2D eigenvalue weighted by Gasteiger charge is 2.40. The summed E-state index contributed by atoms with van der Waals surface area (Å²) >= 11 is 0. The van der Waals surface area contributed by atoms with Crippen molar-refractivity contribution in [2.24, 2.45) is 0 Å². The number of sulfone groups is 1. The van der Waals surface area contributed by atoms with E-state index in [0.717, 1.165) is 39.0 Å². The summed E-state index contributed by atoms with van der Waals surface area (Å²) in [6.07, 6.45) is 4.92. The smallest absolute Gasteiger partial charge is 0.147 e. The van der Waals surface area contributed by atoms with Crippen LogP contribution in [0.25, 0.3) is 0 Å². The zero-order chi connectivity index (χ0) is 13.1. The third-order valence-electron chi connectivity index (χ3n) is 3.69. The van der Waals surface area contributed by atoms with Crippen molar-refractivity contribution in [2.75, 3.05) is 38.4 Å². The van der Waals surface area contributed by atoms with Gasteiger partial charge in [0.1, 0.15) is 9.84 Å². The zero-order valence-electron chi connectivity index (χ0n) is 11.0. The Morgan fingerprint density at radius 1 is 1.39 bits per heavy atom. The van der Waals surface area contributed by atoms with Gasteiger partial charge in [0.25, 0.3) is 0 Å². The van der Waals surface area contributed by atoms with E-state index in [1.807, 2.05) is 0 Å². The van der Waals surface area contributed by atoms with E-state index >= 15 is 0 Å². The van der Waals surface area contributed by atoms with E-state index in [1.165, 1.54) is 6.26 Å². The Morgan fingerprint density at radius 3 is 2.89 bits per heavy atom. The van der Waals surface area contributed by atoms with Crippen molar-refractivity contribution in [3.05, 3.63) is 0 Å². The normalized spacial score (nSPS) is 33.1. The molecule has 2 rings (SSSR count). The Balaban J connectivity index is 1.70. The molecule has 2 unspecified atom stereocenters. The lowest BCUT2D eigenvalue weighted by Gasteiger charge is -2.37. The maximum atomic E-state index is 11.0. The summed E-state index contributed by atoms with van der Waals surface area (Å²) in [5.74, 6) is 0.261. The summed E-state index contributed by atoms with van der Waals surface area (Å²) in [6.45, 7) is 3.02. The van der Waals surface area contributed by atoms with Gasteiger partial charge in [-0.1, -0.05) is 0 Å². The Bertz CT molecular complexity index is 362. The molecule has 0 amide bonds. The summed E-state index contributed by atoms with van der Waals surface area (Å²) in [5, 5.41) is 3.45. The molecule has 0 aromatic rings. The Labute approximate surface area is 109 Å². The quantitative estimate of drug-likeness (QED) is 0.735. The Hall–Kier alpha value is -0.170. The van der Waals surface area contributed by atoms with Crippen LogP contribution >= 0.6 is 0 Å². The molecule has 0 aromatic heterocycles. The summed E-state index contributed by atoms with van der Waals surface area (Å²) < 4.78 is 33.3. The van der Waals surface area contributed by atoms with Gasteiger partial charge >= 0.3 is 0 Å². The molecule has 0 radical (unpaired) electrons. The van der Waals surface area contributed by atoms with Gasteiger partial charge in [-0.25, -0.2) is 8.42 Å². The van der Waals surface area contributed by atoms with Crippen molar-refractivity contribution in [3.63, 3.8) is 0 Å². The third-order valence-corrected chi connectivity index (χ3v) is 4.72. The fraction of sp³-hybridized carbons (Fsp3) is 1.00. The topological polar surface area (TPSA) is 64.6 Å². The second kappa shape index (κ2) is 5.86. The van der Waals surface area contributed by atoms with Crippen LogP contribution in [0.1, 0.15) is 25.7 Å². The predicted molar refractivity (Wildman–Crippen MR) is 69.5 cm³/mol. The van der Waals surface area contributed by atoms with Gasteiger partial charge in [-0.3, -0.25) is 0 Å². The summed E-state index contributed by atoms with van der Waals surface area (Å²) in [7, 11) is -2.83. The second-order valence-electron chi connectivity index (χ2n) is 5.46. The van der Waals surface area contributed by atoms with Crippen LogP contribution < -0.4 is 5.32 Å². The maximum Gasteiger partial charge on any atom is 0.147 e. The van der Waals surface area contributed by atoms with Gasteiger partial charge in [0, 0.05) is 31.9 Å². The molecule has 0 bridgehead atoms. The van der Waals surface area contributed by atoms with E-state index in [9.17, 15) is 8.42 Å². The molecule has 2 aliphatic heterocycles. The Morgan fingerprint density at radius 2 is 2.22 bits per heavy atom. The summed E-state index contributed by atoms with van der Waals surface area (Å²) in [6, 6.07) is 0.431. The lowest BCUT2D eigenvalue weighted by molar-refractivity contribution is -0.0892. The fourth-order valence-electron chi connectivity index (χ4n) is 2.71. The zero-order valence-corrected chi connectivity index (χ0v) is 11.8. The van der Waals surface area contributed by atoms with E-state index in [-0.39, 0.29) is 11.4 Å². The molecular formula is C12H23NO4S. The van der Waals surface area contributed by atoms with E-state index in [2.05, 4.69) is 5.32 Å². The molecule has 1 N–H and O–H groups in total. The third kappa shape index (κ3) is 4.19. The average molecular weight is 277 g/mol. The summed E-state index contributed by atoms with van der Waals surface area (Å²) in [4.78, 5) is 0. The highest BCUT2D eigenvalue weighted by molar-refractivity contribution is 7.90. The molecule has 2 heterocycles. The lowest BCUT2D eigenvalue weighted by atomic mass is 9.90. The molecule has 2 atom stereocenters. The molecule has 2 fully saturated rings. The SMILES string of the molecule is CS(=O)(=O)CCCNC1CCOC2(CCOC2)C1. The van der Waals surface area contributed by atoms with Crippen LogP contribution in [0.2, 0.25) is 0 Å². The van der Waals surface area contributed by atoms with Crippen LogP contribution in [0.15, 0.2) is 0 Å². The van der Waals surface area contributed by atoms with Crippen LogP contribution in [-0.4, -0.2) is 58.4 Å². The van der Waals surface area contributed by atoms with E-state index < -0.39 is 9.84 Å². The molecule has 6 heteroatoms. The minimum Gasteiger partial charge on any atom is -0.378 e. The molecule has 2 aliphatic rings. The van der Waals surface area contributed by atoms with Crippen molar-refractivity contribution in [1.29, 1.82) is 0 Å². The number of nitrogens with one attached hydrogen (secondary N) is 1. The van der Waals surface area contributed by atoms with E-state index in [0.29, 0.717) is 19.1 Å². The van der Waals surface area contributed by atoms with Gasteiger partial charge in [-0.05, 0) is 25.8 Å². The first-order valence-corrected chi connectivity index (χ1v) is 8.68. The number of ether oxygens (including phenoxy) is 2. The molecule has 0 aromatic carbocycles. The molecule has 18 heavy (non-hydrogen) atoms. The fourth-order valence-corrected chi connectivity index (χ4v) is 3.37. The molecule has 106 valence electrons. The monoisotopic (exact) mass is 277 g/mol. The maximum absolute atomic E-state index is 11.0. The minimum absolute atomic E-state index is 0.0766. The lowest BCUT2D eigenvalue weighted by Crippen LogP contribution is -2.47. The minimum atomic E-state index is -2.83. The Kier molecular flexibility index (Phi) is 4.64. The standard InChI is InChI=1S/C12H23NO4S/c1-18(14,15)8-2-5-13-11-3-6-17-12(9-11)4-7-16-10-12/h11,13H,2-10H2,1H3. The van der Waals surface area contributed by atoms with Crippen LogP contribution in [0.4, 0.5) is 0 Å². The average Bonchev–Trinajstić information content (AvgIpc) is 2.72. The first-order chi connectivity index (χ1) is 8.49. The second-order valence-corrected chi connectivity index (χ2v) is 7.72. The van der Waals surface area contributed by atoms with Gasteiger partial charge in [0.05, 0.1) is 18.0 Å². The molecule has 2 saturated heterocycles. The van der Waals surface area contributed by atoms with Crippen LogP contribution in [0.5, 0.6) is 0 Å². The largest absolute Gasteiger partial charge is 0.378 e. The molecule has 0 saturated carbocycles. The van der Waals surface area contributed by atoms with Gasteiger partial charge in [0.15, 0.2) is 0 Å². The van der Waals surface area contributed by atoms with Crippen molar-refractivity contribution in [1.82, 2.24) is 5.32 Å². The van der Waals surface area contributed by atoms with Gasteiger partial charge in [-0.2, -0.15) is 0 Å². The van der Waals surface area contributed by atoms with Gasteiger partial charge < -0.3 is 14.8 Å². The van der Waals surface area contributed by atoms with Crippen molar-refractivity contribution in [2.45, 2.75) is 37.3 Å². The predicted octanol–water partition coefficient (Wildman–Crippen LogP) is 0.349. The number of hydrogen-bond acceptors (Lipinski definition) is 5. The first kappa shape index (κ1) is 14.2. The molecule has 1 spiro atoms. The molecule has 5 nitrogen and oxygen atoms in total. The summed E-state index contributed by atoms with van der Waals surface area (Å²) in [5.41, 5.74) is -0.0766. The van der Waals surface area contributed by atoms with E-state index in [4.69, 9.17) is 9.47 Å². The van der Waals surface area contributed by atoms with Gasteiger partial charge in [0.2, 0.25) is 0 Å². The molecular weight excluding hydrogens is 254 g/mol. The van der Waals surface area contributed by atoms with E-state index in [1.54, 1.807) is 0 Å². The van der Waals surface area contributed by atoms with Crippen molar-refractivity contribution < 1.29 is 17.9 Å². The highest BCUT2D eigenvalue weighted by atomic mass is 32.2. The molecule has 0 aliphatic carbocycles. The van der Waals surface area contributed by atoms with Crippen LogP contribution in [-0.2, 0) is 19.3 Å². The first-order valence-electron chi connectivity index (χ1n) is 6.62. The van der Waals surface area contributed by atoms with Crippen LogP contribution in [0, 0.1) is 0 Å². The van der Waals surface area contributed by atoms with Crippen molar-refractivity contribution in [3.8, 4) is 0 Å². The van der Waals surface area contributed by atoms with Crippen molar-refractivity contribution >= 4 is 9.84 Å². The van der Waals surface area contributed by atoms with Gasteiger partial charge in [-0.15, -0.1) is 0 Å². The van der Waals surface area contributed by atoms with Crippen LogP contribution in [0.3, 0.4) is 0 Å². The number of rotatable bonds is 5.